The second-order valence-electron chi connectivity index (χ2n) is 7.17. The summed E-state index contributed by atoms with van der Waals surface area (Å²) >= 11 is 0. The number of rotatable bonds is 6. The van der Waals surface area contributed by atoms with Crippen LogP contribution in [0.3, 0.4) is 0 Å². The van der Waals surface area contributed by atoms with Crippen LogP contribution in [0.4, 0.5) is 0 Å². The molecule has 1 aromatic carbocycles. The van der Waals surface area contributed by atoms with E-state index < -0.39 is 23.2 Å². The lowest BCUT2D eigenvalue weighted by Gasteiger charge is -2.04. The summed E-state index contributed by atoms with van der Waals surface area (Å²) in [6.45, 7) is 6.03. The van der Waals surface area contributed by atoms with E-state index in [4.69, 9.17) is 9.52 Å². The third kappa shape index (κ3) is 3.43. The molecule has 1 saturated carbocycles. The number of carbonyl (C=O) groups excluding carboxylic acids is 1. The molecular weight excluding hydrogens is 320 g/mol. The first-order valence-corrected chi connectivity index (χ1v) is 8.32. The minimum absolute atomic E-state index is 0.209. The largest absolute Gasteiger partial charge is 0.481 e. The van der Waals surface area contributed by atoms with Gasteiger partial charge in [-0.25, -0.2) is 4.98 Å². The Bertz CT molecular complexity index is 792. The predicted octanol–water partition coefficient (Wildman–Crippen LogP) is 2.67. The number of oxazole rings is 1. The molecule has 2 N–H and O–H groups in total. The third-order valence-corrected chi connectivity index (χ3v) is 4.91. The van der Waals surface area contributed by atoms with Crippen LogP contribution in [-0.4, -0.2) is 28.5 Å². The van der Waals surface area contributed by atoms with Gasteiger partial charge in [-0.2, -0.15) is 0 Å². The molecule has 132 valence electrons. The molecule has 0 spiro atoms. The van der Waals surface area contributed by atoms with Crippen LogP contribution >= 0.6 is 0 Å². The molecule has 1 aromatic heterocycles. The number of carbonyl (C=O) groups is 2. The molecule has 0 saturated heterocycles. The molecule has 1 aliphatic rings. The second kappa shape index (κ2) is 6.35. The van der Waals surface area contributed by atoms with Crippen LogP contribution in [0.1, 0.15) is 25.1 Å². The van der Waals surface area contributed by atoms with Gasteiger partial charge in [0.05, 0.1) is 17.5 Å². The van der Waals surface area contributed by atoms with E-state index in [-0.39, 0.29) is 5.91 Å². The van der Waals surface area contributed by atoms with Crippen molar-refractivity contribution in [1.29, 1.82) is 0 Å². The molecule has 2 aromatic rings. The van der Waals surface area contributed by atoms with E-state index in [1.165, 1.54) is 5.56 Å². The molecular formula is C19H22N2O4. The van der Waals surface area contributed by atoms with Crippen LogP contribution < -0.4 is 5.32 Å². The number of benzene rings is 1. The van der Waals surface area contributed by atoms with Crippen molar-refractivity contribution in [2.24, 2.45) is 17.3 Å². The van der Waals surface area contributed by atoms with Gasteiger partial charge in [0.25, 0.3) is 0 Å². The van der Waals surface area contributed by atoms with Crippen molar-refractivity contribution in [3.63, 3.8) is 0 Å². The van der Waals surface area contributed by atoms with Crippen LogP contribution in [0.2, 0.25) is 0 Å². The summed E-state index contributed by atoms with van der Waals surface area (Å²) in [5.41, 5.74) is 2.34. The van der Waals surface area contributed by atoms with Crippen molar-refractivity contribution in [2.75, 3.05) is 6.54 Å². The van der Waals surface area contributed by atoms with Gasteiger partial charge < -0.3 is 14.8 Å². The molecule has 6 heteroatoms. The minimum Gasteiger partial charge on any atom is -0.481 e. The highest BCUT2D eigenvalue weighted by molar-refractivity contribution is 5.91. The Morgan fingerprint density at radius 2 is 1.92 bits per heavy atom. The van der Waals surface area contributed by atoms with Crippen molar-refractivity contribution in [1.82, 2.24) is 10.3 Å². The Morgan fingerprint density at radius 1 is 1.24 bits per heavy atom. The molecule has 2 atom stereocenters. The number of nitrogens with one attached hydrogen (secondary N) is 1. The molecule has 3 rings (SSSR count). The van der Waals surface area contributed by atoms with Crippen LogP contribution in [-0.2, 0) is 16.0 Å². The molecule has 1 fully saturated rings. The van der Waals surface area contributed by atoms with E-state index in [9.17, 15) is 9.59 Å². The maximum absolute atomic E-state index is 12.2. The number of hydrogen-bond donors (Lipinski definition) is 2. The van der Waals surface area contributed by atoms with Crippen LogP contribution in [0.5, 0.6) is 0 Å². The number of nitrogens with zero attached hydrogens (tertiary/aromatic N) is 1. The minimum atomic E-state index is -0.913. The lowest BCUT2D eigenvalue weighted by molar-refractivity contribution is -0.140. The number of aromatic nitrogens is 1. The molecule has 1 aliphatic carbocycles. The van der Waals surface area contributed by atoms with Crippen molar-refractivity contribution in [3.8, 4) is 11.5 Å². The highest BCUT2D eigenvalue weighted by atomic mass is 16.4. The van der Waals surface area contributed by atoms with Gasteiger partial charge in [0.15, 0.2) is 0 Å². The summed E-state index contributed by atoms with van der Waals surface area (Å²) in [7, 11) is 0. The van der Waals surface area contributed by atoms with Gasteiger partial charge in [-0.05, 0) is 24.5 Å². The lowest BCUT2D eigenvalue weighted by atomic mass is 10.1. The van der Waals surface area contributed by atoms with E-state index >= 15 is 0 Å². The summed E-state index contributed by atoms with van der Waals surface area (Å²) in [4.78, 5) is 27.7. The Hall–Kier alpha value is -2.63. The van der Waals surface area contributed by atoms with E-state index in [1.54, 1.807) is 6.26 Å². The van der Waals surface area contributed by atoms with Crippen LogP contribution in [0, 0.1) is 24.2 Å². The fourth-order valence-corrected chi connectivity index (χ4v) is 3.26. The smallest absolute Gasteiger partial charge is 0.307 e. The first kappa shape index (κ1) is 17.2. The quantitative estimate of drug-likeness (QED) is 0.842. The maximum atomic E-state index is 12.2. The SMILES string of the molecule is Cc1ccc(-c2nc(CCNC(=O)[C@@H]3[C@H](C(=O)O)C3(C)C)co2)cc1. The Labute approximate surface area is 146 Å². The molecule has 1 heterocycles. The Morgan fingerprint density at radius 3 is 2.52 bits per heavy atom. The fraction of sp³-hybridized carbons (Fsp3) is 0.421. The summed E-state index contributed by atoms with van der Waals surface area (Å²) < 4.78 is 5.49. The molecule has 1 amide bonds. The number of aliphatic carboxylic acids is 1. The standard InChI is InChI=1S/C19H22N2O4/c1-11-4-6-12(7-5-11)17-21-13(10-25-17)8-9-20-16(22)14-15(18(23)24)19(14,2)3/h4-7,10,14-15H,8-9H2,1-3H3,(H,20,22)(H,23,24)/t14-,15+/m0/s1. The number of carboxylic acid groups (broad SMARTS) is 1. The van der Waals surface area contributed by atoms with Gasteiger partial charge in [-0.3, -0.25) is 9.59 Å². The molecule has 0 bridgehead atoms. The van der Waals surface area contributed by atoms with Gasteiger partial charge in [-0.15, -0.1) is 0 Å². The van der Waals surface area contributed by atoms with Gasteiger partial charge in [0.1, 0.15) is 6.26 Å². The lowest BCUT2D eigenvalue weighted by Crippen LogP contribution is -2.29. The number of carboxylic acids is 1. The molecule has 6 nitrogen and oxygen atoms in total. The molecule has 0 unspecified atom stereocenters. The summed E-state index contributed by atoms with van der Waals surface area (Å²) in [5, 5.41) is 11.9. The van der Waals surface area contributed by atoms with Gasteiger partial charge in [0.2, 0.25) is 11.8 Å². The highest BCUT2D eigenvalue weighted by Crippen LogP contribution is 2.58. The summed E-state index contributed by atoms with van der Waals surface area (Å²) in [5.74, 6) is -1.64. The van der Waals surface area contributed by atoms with Crippen molar-refractivity contribution < 1.29 is 19.1 Å². The van der Waals surface area contributed by atoms with Gasteiger partial charge >= 0.3 is 5.97 Å². The van der Waals surface area contributed by atoms with E-state index in [1.807, 2.05) is 45.0 Å². The monoisotopic (exact) mass is 342 g/mol. The Kier molecular flexibility index (Phi) is 4.37. The topological polar surface area (TPSA) is 92.4 Å². The highest BCUT2D eigenvalue weighted by Gasteiger charge is 2.65. The van der Waals surface area contributed by atoms with E-state index in [0.29, 0.717) is 18.9 Å². The van der Waals surface area contributed by atoms with Crippen LogP contribution in [0.25, 0.3) is 11.5 Å². The molecule has 25 heavy (non-hydrogen) atoms. The zero-order valence-electron chi connectivity index (χ0n) is 14.6. The number of aryl methyl sites for hydroxylation is 1. The molecule has 0 radical (unpaired) electrons. The van der Waals surface area contributed by atoms with E-state index in [2.05, 4.69) is 10.3 Å². The van der Waals surface area contributed by atoms with E-state index in [0.717, 1.165) is 11.3 Å². The van der Waals surface area contributed by atoms with Crippen molar-refractivity contribution >= 4 is 11.9 Å². The zero-order valence-corrected chi connectivity index (χ0v) is 14.6. The fourth-order valence-electron chi connectivity index (χ4n) is 3.26. The summed E-state index contributed by atoms with van der Waals surface area (Å²) in [6, 6.07) is 7.90. The third-order valence-electron chi connectivity index (χ3n) is 4.91. The second-order valence-corrected chi connectivity index (χ2v) is 7.17. The van der Waals surface area contributed by atoms with Gasteiger partial charge in [-0.1, -0.05) is 31.5 Å². The van der Waals surface area contributed by atoms with Crippen molar-refractivity contribution in [3.05, 3.63) is 41.8 Å². The number of amides is 1. The van der Waals surface area contributed by atoms with Gasteiger partial charge in [0, 0.05) is 18.5 Å². The average molecular weight is 342 g/mol. The van der Waals surface area contributed by atoms with Crippen molar-refractivity contribution in [2.45, 2.75) is 27.2 Å². The Balaban J connectivity index is 1.52. The zero-order chi connectivity index (χ0) is 18.2. The maximum Gasteiger partial charge on any atom is 0.307 e. The first-order chi connectivity index (χ1) is 11.8. The number of hydrogen-bond acceptors (Lipinski definition) is 4. The average Bonchev–Trinajstić information content (AvgIpc) is 2.90. The predicted molar refractivity (Wildman–Crippen MR) is 91.8 cm³/mol. The summed E-state index contributed by atoms with van der Waals surface area (Å²) in [6.07, 6.45) is 2.12. The van der Waals surface area contributed by atoms with Crippen LogP contribution in [0.15, 0.2) is 34.9 Å². The first-order valence-electron chi connectivity index (χ1n) is 8.32. The molecule has 0 aliphatic heterocycles. The normalized spacial score (nSPS) is 20.9.